The summed E-state index contributed by atoms with van der Waals surface area (Å²) in [6.45, 7) is 6.37. The molecule has 0 aliphatic carbocycles. The number of phenolic OH excluding ortho intramolecular Hbond substituents is 1. The van der Waals surface area contributed by atoms with E-state index in [1.54, 1.807) is 24.5 Å². The fourth-order valence-corrected chi connectivity index (χ4v) is 3.57. The highest BCUT2D eigenvalue weighted by Crippen LogP contribution is 2.29. The third-order valence-corrected chi connectivity index (χ3v) is 5.05. The summed E-state index contributed by atoms with van der Waals surface area (Å²) in [6, 6.07) is 4.67. The lowest BCUT2D eigenvalue weighted by molar-refractivity contribution is 0.475. The maximum absolute atomic E-state index is 12.7. The minimum Gasteiger partial charge on any atom is -0.508 e. The molecule has 1 aromatic heterocycles. The first kappa shape index (κ1) is 15.4. The number of hydrogen-bond donors (Lipinski definition) is 1. The first-order chi connectivity index (χ1) is 9.90. The molecule has 0 spiro atoms. The smallest absolute Gasteiger partial charge is 0.283 e. The summed E-state index contributed by atoms with van der Waals surface area (Å²) >= 11 is 0. The average molecular weight is 309 g/mol. The molecular formula is C14H19N3O3S. The van der Waals surface area contributed by atoms with Gasteiger partial charge < -0.3 is 9.67 Å². The van der Waals surface area contributed by atoms with E-state index in [0.717, 1.165) is 5.56 Å². The van der Waals surface area contributed by atoms with Gasteiger partial charge in [-0.1, -0.05) is 6.07 Å². The van der Waals surface area contributed by atoms with Gasteiger partial charge in [0.1, 0.15) is 5.75 Å². The molecule has 7 heteroatoms. The van der Waals surface area contributed by atoms with Gasteiger partial charge in [0.05, 0.1) is 12.0 Å². The van der Waals surface area contributed by atoms with Crippen molar-refractivity contribution in [2.45, 2.75) is 32.3 Å². The molecule has 1 N–H and O–H groups in total. The zero-order valence-electron chi connectivity index (χ0n) is 12.3. The zero-order chi connectivity index (χ0) is 15.6. The molecule has 0 bridgehead atoms. The van der Waals surface area contributed by atoms with Crippen LogP contribution in [0, 0.1) is 6.92 Å². The Kier molecular flexibility index (Phi) is 4.22. The van der Waals surface area contributed by atoms with Gasteiger partial charge in [-0.25, -0.2) is 4.98 Å². The first-order valence-corrected chi connectivity index (χ1v) is 8.18. The van der Waals surface area contributed by atoms with Crippen LogP contribution in [0.15, 0.2) is 35.7 Å². The largest absolute Gasteiger partial charge is 0.508 e. The van der Waals surface area contributed by atoms with Crippen LogP contribution in [0.4, 0.5) is 5.69 Å². The van der Waals surface area contributed by atoms with Gasteiger partial charge in [-0.15, -0.1) is 0 Å². The van der Waals surface area contributed by atoms with E-state index in [4.69, 9.17) is 0 Å². The Bertz CT molecular complexity index is 738. The second-order valence-corrected chi connectivity index (χ2v) is 6.49. The SMILES string of the molecule is CCN(c1cc(O)ccc1C)S(=O)(=O)c1cn(CC)cn1. The predicted octanol–water partition coefficient (Wildman–Crippen LogP) is 2.13. The molecule has 0 aliphatic rings. The van der Waals surface area contributed by atoms with Crippen molar-refractivity contribution in [2.24, 2.45) is 0 Å². The van der Waals surface area contributed by atoms with Crippen molar-refractivity contribution in [1.29, 1.82) is 0 Å². The van der Waals surface area contributed by atoms with Crippen molar-refractivity contribution >= 4 is 15.7 Å². The number of sulfonamides is 1. The van der Waals surface area contributed by atoms with Crippen molar-refractivity contribution in [3.63, 3.8) is 0 Å². The Morgan fingerprint density at radius 3 is 2.62 bits per heavy atom. The van der Waals surface area contributed by atoms with E-state index in [-0.39, 0.29) is 17.3 Å². The minimum absolute atomic E-state index is 0.00828. The van der Waals surface area contributed by atoms with Gasteiger partial charge in [0.15, 0.2) is 5.03 Å². The topological polar surface area (TPSA) is 75.4 Å². The Hall–Kier alpha value is -2.02. The molecule has 114 valence electrons. The molecule has 21 heavy (non-hydrogen) atoms. The van der Waals surface area contributed by atoms with Crippen LogP contribution in [-0.2, 0) is 16.6 Å². The molecule has 0 saturated carbocycles. The number of aryl methyl sites for hydroxylation is 2. The third kappa shape index (κ3) is 2.87. The molecule has 1 aromatic carbocycles. The summed E-state index contributed by atoms with van der Waals surface area (Å²) in [5, 5.41) is 9.63. The Morgan fingerprint density at radius 1 is 1.33 bits per heavy atom. The van der Waals surface area contributed by atoms with E-state index >= 15 is 0 Å². The first-order valence-electron chi connectivity index (χ1n) is 6.74. The lowest BCUT2D eigenvalue weighted by Crippen LogP contribution is -2.31. The third-order valence-electron chi connectivity index (χ3n) is 3.28. The normalized spacial score (nSPS) is 11.6. The van der Waals surface area contributed by atoms with E-state index in [2.05, 4.69) is 4.98 Å². The number of nitrogens with zero attached hydrogens (tertiary/aromatic N) is 3. The molecule has 0 unspecified atom stereocenters. The summed E-state index contributed by atoms with van der Waals surface area (Å²) in [4.78, 5) is 3.98. The van der Waals surface area contributed by atoms with Gasteiger partial charge in [-0.2, -0.15) is 8.42 Å². The standard InChI is InChI=1S/C14H19N3O3S/c1-4-16-9-14(15-10-16)21(19,20)17(5-2)13-8-12(18)7-6-11(13)3/h6-10,18H,4-5H2,1-3H3. The molecular weight excluding hydrogens is 290 g/mol. The Labute approximate surface area is 124 Å². The highest BCUT2D eigenvalue weighted by Gasteiger charge is 2.27. The van der Waals surface area contributed by atoms with Gasteiger partial charge >= 0.3 is 0 Å². The fourth-order valence-electron chi connectivity index (χ4n) is 2.09. The van der Waals surface area contributed by atoms with Crippen molar-refractivity contribution in [1.82, 2.24) is 9.55 Å². The van der Waals surface area contributed by atoms with Gasteiger partial charge in [-0.05, 0) is 32.4 Å². The predicted molar refractivity (Wildman–Crippen MR) is 81.0 cm³/mol. The highest BCUT2D eigenvalue weighted by atomic mass is 32.2. The van der Waals surface area contributed by atoms with Gasteiger partial charge in [0, 0.05) is 25.4 Å². The van der Waals surface area contributed by atoms with E-state index < -0.39 is 10.0 Å². The molecule has 2 aromatic rings. The van der Waals surface area contributed by atoms with Crippen LogP contribution in [0.3, 0.4) is 0 Å². The summed E-state index contributed by atoms with van der Waals surface area (Å²) in [7, 11) is -3.74. The summed E-state index contributed by atoms with van der Waals surface area (Å²) in [5.74, 6) is 0.0309. The molecule has 2 rings (SSSR count). The van der Waals surface area contributed by atoms with Crippen LogP contribution < -0.4 is 4.31 Å². The molecule has 0 atom stereocenters. The maximum Gasteiger partial charge on any atom is 0.283 e. The quantitative estimate of drug-likeness (QED) is 0.918. The number of benzene rings is 1. The number of aromatic nitrogens is 2. The van der Waals surface area contributed by atoms with Gasteiger partial charge in [0.25, 0.3) is 10.0 Å². The molecule has 0 aliphatic heterocycles. The van der Waals surface area contributed by atoms with Crippen LogP contribution in [0.2, 0.25) is 0 Å². The molecule has 6 nitrogen and oxygen atoms in total. The van der Waals surface area contributed by atoms with Gasteiger partial charge in [0.2, 0.25) is 0 Å². The second-order valence-electron chi connectivity index (χ2n) is 4.68. The van der Waals surface area contributed by atoms with Crippen molar-refractivity contribution in [2.75, 3.05) is 10.8 Å². The lowest BCUT2D eigenvalue weighted by atomic mass is 10.2. The van der Waals surface area contributed by atoms with Crippen molar-refractivity contribution < 1.29 is 13.5 Å². The van der Waals surface area contributed by atoms with E-state index in [1.807, 2.05) is 6.92 Å². The zero-order valence-corrected chi connectivity index (χ0v) is 13.1. The summed E-state index contributed by atoms with van der Waals surface area (Å²) < 4.78 is 28.4. The minimum atomic E-state index is -3.74. The van der Waals surface area contributed by atoms with Crippen LogP contribution in [0.1, 0.15) is 19.4 Å². The monoisotopic (exact) mass is 309 g/mol. The van der Waals surface area contributed by atoms with Crippen molar-refractivity contribution in [3.8, 4) is 5.75 Å². The molecule has 0 radical (unpaired) electrons. The van der Waals surface area contributed by atoms with E-state index in [0.29, 0.717) is 12.2 Å². The van der Waals surface area contributed by atoms with Crippen LogP contribution in [0.5, 0.6) is 5.75 Å². The van der Waals surface area contributed by atoms with Crippen LogP contribution >= 0.6 is 0 Å². The number of hydrogen-bond acceptors (Lipinski definition) is 4. The number of phenols is 1. The maximum atomic E-state index is 12.7. The van der Waals surface area contributed by atoms with Crippen LogP contribution in [-0.4, -0.2) is 29.6 Å². The molecule has 0 saturated heterocycles. The van der Waals surface area contributed by atoms with E-state index in [1.165, 1.54) is 29.0 Å². The summed E-state index contributed by atoms with van der Waals surface area (Å²) in [6.07, 6.45) is 3.01. The van der Waals surface area contributed by atoms with Crippen molar-refractivity contribution in [3.05, 3.63) is 36.3 Å². The van der Waals surface area contributed by atoms with E-state index in [9.17, 15) is 13.5 Å². The molecule has 1 heterocycles. The fraction of sp³-hybridized carbons (Fsp3) is 0.357. The highest BCUT2D eigenvalue weighted by molar-refractivity contribution is 7.92. The summed E-state index contributed by atoms with van der Waals surface area (Å²) in [5.41, 5.74) is 1.23. The molecule has 0 fully saturated rings. The number of imidazole rings is 1. The number of anilines is 1. The average Bonchev–Trinajstić information content (AvgIpc) is 2.93. The van der Waals surface area contributed by atoms with Crippen LogP contribution in [0.25, 0.3) is 0 Å². The Morgan fingerprint density at radius 2 is 2.05 bits per heavy atom. The second kappa shape index (κ2) is 5.77. The lowest BCUT2D eigenvalue weighted by Gasteiger charge is -2.23. The number of aromatic hydroxyl groups is 1. The number of rotatable bonds is 5. The van der Waals surface area contributed by atoms with Gasteiger partial charge in [-0.3, -0.25) is 4.31 Å². The molecule has 0 amide bonds. The Balaban J connectivity index is 2.51.